The molecule has 2 heterocycles. The highest BCUT2D eigenvalue weighted by Crippen LogP contribution is 2.48. The Bertz CT molecular complexity index is 1200. The van der Waals surface area contributed by atoms with Gasteiger partial charge in [-0.15, -0.1) is 0 Å². The molecule has 0 saturated carbocycles. The summed E-state index contributed by atoms with van der Waals surface area (Å²) in [4.78, 5) is 49.6. The number of Topliss-reactive ketones (excluding diaryl/α,β-unsaturated/α-hetero) is 1. The molecular formula is C23H15N3O5. The highest BCUT2D eigenvalue weighted by molar-refractivity contribution is 6.21. The van der Waals surface area contributed by atoms with E-state index in [9.17, 15) is 24.5 Å². The molecule has 8 heteroatoms. The minimum atomic E-state index is -0.772. The average Bonchev–Trinajstić information content (AvgIpc) is 3.48. The van der Waals surface area contributed by atoms with E-state index in [2.05, 4.69) is 0 Å². The van der Waals surface area contributed by atoms with Crippen LogP contribution in [0.5, 0.6) is 0 Å². The van der Waals surface area contributed by atoms with Gasteiger partial charge in [0.05, 0.1) is 22.1 Å². The number of hydrogen-bond acceptors (Lipinski definition) is 6. The first-order valence-corrected chi connectivity index (χ1v) is 9.58. The largest absolute Gasteiger partial charge is 0.292 e. The third-order valence-corrected chi connectivity index (χ3v) is 5.56. The Morgan fingerprint density at radius 1 is 0.806 bits per heavy atom. The van der Waals surface area contributed by atoms with E-state index < -0.39 is 28.8 Å². The van der Waals surface area contributed by atoms with Gasteiger partial charge in [-0.3, -0.25) is 24.5 Å². The van der Waals surface area contributed by atoms with Crippen LogP contribution in [0.3, 0.4) is 0 Å². The number of hydrogen-bond donors (Lipinski definition) is 0. The number of fused-ring (bicyclic) bond motifs is 1. The summed E-state index contributed by atoms with van der Waals surface area (Å²) in [5.74, 6) is -1.22. The van der Waals surface area contributed by atoms with Crippen LogP contribution in [-0.4, -0.2) is 38.6 Å². The second-order valence-electron chi connectivity index (χ2n) is 7.32. The van der Waals surface area contributed by atoms with Crippen molar-refractivity contribution in [3.8, 4) is 0 Å². The molecule has 8 nitrogen and oxygen atoms in total. The molecule has 1 saturated heterocycles. The first kappa shape index (κ1) is 18.8. The van der Waals surface area contributed by atoms with E-state index in [0.717, 1.165) is 5.01 Å². The SMILES string of the molecule is O=C(c1ccccc1)[C@H]1[C@H](c2ccc([N+](=O)[O-])cc2)N1N1C(=O)c2ccccc2C1=O. The zero-order valence-corrected chi connectivity index (χ0v) is 16.0. The molecular weight excluding hydrogens is 398 g/mol. The first-order chi connectivity index (χ1) is 15.0. The van der Waals surface area contributed by atoms with Gasteiger partial charge in [0, 0.05) is 17.7 Å². The molecule has 1 unspecified atom stereocenters. The molecule has 0 bridgehead atoms. The molecule has 2 aliphatic rings. The summed E-state index contributed by atoms with van der Waals surface area (Å²) < 4.78 is 0. The number of ketones is 1. The molecule has 0 aliphatic carbocycles. The van der Waals surface area contributed by atoms with Crippen LogP contribution < -0.4 is 0 Å². The van der Waals surface area contributed by atoms with Crippen molar-refractivity contribution in [2.45, 2.75) is 12.1 Å². The summed E-state index contributed by atoms with van der Waals surface area (Å²) in [6, 6.07) is 19.6. The van der Waals surface area contributed by atoms with E-state index in [1.165, 1.54) is 17.1 Å². The van der Waals surface area contributed by atoms with Crippen LogP contribution in [0.25, 0.3) is 0 Å². The van der Waals surface area contributed by atoms with Gasteiger partial charge in [0.1, 0.15) is 6.04 Å². The lowest BCUT2D eigenvalue weighted by molar-refractivity contribution is -0.384. The number of benzene rings is 3. The quantitative estimate of drug-likeness (QED) is 0.209. The zero-order valence-electron chi connectivity index (χ0n) is 16.0. The van der Waals surface area contributed by atoms with E-state index in [-0.39, 0.29) is 22.6 Å². The minimum absolute atomic E-state index is 0.0809. The third-order valence-electron chi connectivity index (χ3n) is 5.56. The molecule has 3 atom stereocenters. The van der Waals surface area contributed by atoms with Crippen molar-refractivity contribution in [2.24, 2.45) is 0 Å². The molecule has 2 amide bonds. The number of carbonyl (C=O) groups excluding carboxylic acids is 3. The Labute approximate surface area is 176 Å². The van der Waals surface area contributed by atoms with Gasteiger partial charge < -0.3 is 0 Å². The Hall–Kier alpha value is -4.17. The predicted molar refractivity (Wildman–Crippen MR) is 109 cm³/mol. The maximum absolute atomic E-state index is 13.2. The van der Waals surface area contributed by atoms with Gasteiger partial charge in [-0.25, -0.2) is 5.01 Å². The molecule has 31 heavy (non-hydrogen) atoms. The number of imide groups is 1. The number of rotatable bonds is 5. The highest BCUT2D eigenvalue weighted by atomic mass is 16.6. The molecule has 0 radical (unpaired) electrons. The number of hydrazine groups is 1. The lowest BCUT2D eigenvalue weighted by atomic mass is 10.0. The Morgan fingerprint density at radius 2 is 1.35 bits per heavy atom. The smallest absolute Gasteiger partial charge is 0.276 e. The summed E-state index contributed by atoms with van der Waals surface area (Å²) in [6.45, 7) is 0. The van der Waals surface area contributed by atoms with Crippen LogP contribution in [0.4, 0.5) is 5.69 Å². The summed E-state index contributed by atoms with van der Waals surface area (Å²) in [6.07, 6.45) is 0. The molecule has 1 fully saturated rings. The van der Waals surface area contributed by atoms with Gasteiger partial charge in [0.15, 0.2) is 5.78 Å². The fourth-order valence-corrected chi connectivity index (χ4v) is 4.02. The Balaban J connectivity index is 1.54. The van der Waals surface area contributed by atoms with Crippen LogP contribution in [-0.2, 0) is 0 Å². The van der Waals surface area contributed by atoms with Crippen LogP contribution in [0, 0.1) is 10.1 Å². The summed E-state index contributed by atoms with van der Waals surface area (Å²) in [7, 11) is 0. The molecule has 3 aromatic rings. The van der Waals surface area contributed by atoms with Crippen molar-refractivity contribution in [2.75, 3.05) is 0 Å². The van der Waals surface area contributed by atoms with Crippen molar-refractivity contribution in [3.05, 3.63) is 111 Å². The second kappa shape index (κ2) is 6.96. The lowest BCUT2D eigenvalue weighted by Gasteiger charge is -2.16. The van der Waals surface area contributed by atoms with Gasteiger partial charge in [-0.1, -0.05) is 54.6 Å². The first-order valence-electron chi connectivity index (χ1n) is 9.58. The lowest BCUT2D eigenvalue weighted by Crippen LogP contribution is -2.37. The van der Waals surface area contributed by atoms with Crippen molar-refractivity contribution in [1.82, 2.24) is 10.0 Å². The van der Waals surface area contributed by atoms with Crippen molar-refractivity contribution >= 4 is 23.3 Å². The van der Waals surface area contributed by atoms with E-state index in [1.807, 2.05) is 0 Å². The normalized spacial score (nSPS) is 21.7. The molecule has 0 aromatic heterocycles. The second-order valence-corrected chi connectivity index (χ2v) is 7.32. The van der Waals surface area contributed by atoms with Gasteiger partial charge in [-0.05, 0) is 17.7 Å². The topological polar surface area (TPSA) is 101 Å². The van der Waals surface area contributed by atoms with Crippen molar-refractivity contribution < 1.29 is 19.3 Å². The standard InChI is InChI=1S/C23H15N3O5/c27-21(15-6-2-1-3-7-15)20-19(14-10-12-16(13-11-14)26(30)31)24(20)25-22(28)17-8-4-5-9-18(17)23(25)29/h1-13,19-20H/t19-,20+,24?/m0/s1. The van der Waals surface area contributed by atoms with Crippen LogP contribution >= 0.6 is 0 Å². The van der Waals surface area contributed by atoms with Gasteiger partial charge >= 0.3 is 0 Å². The van der Waals surface area contributed by atoms with Crippen molar-refractivity contribution in [1.29, 1.82) is 0 Å². The molecule has 0 spiro atoms. The molecule has 0 N–H and O–H groups in total. The number of nitrogens with zero attached hydrogens (tertiary/aromatic N) is 3. The van der Waals surface area contributed by atoms with E-state index in [1.54, 1.807) is 66.7 Å². The van der Waals surface area contributed by atoms with Gasteiger partial charge in [-0.2, -0.15) is 5.01 Å². The number of carbonyl (C=O) groups is 3. The molecule has 152 valence electrons. The van der Waals surface area contributed by atoms with Crippen molar-refractivity contribution in [3.63, 3.8) is 0 Å². The minimum Gasteiger partial charge on any atom is -0.292 e. The summed E-state index contributed by atoms with van der Waals surface area (Å²) in [5, 5.41) is 13.5. The third kappa shape index (κ3) is 2.92. The summed E-state index contributed by atoms with van der Waals surface area (Å²) in [5.41, 5.74) is 1.55. The van der Waals surface area contributed by atoms with E-state index in [0.29, 0.717) is 11.1 Å². The monoisotopic (exact) mass is 413 g/mol. The van der Waals surface area contributed by atoms with Crippen LogP contribution in [0.2, 0.25) is 0 Å². The maximum Gasteiger partial charge on any atom is 0.276 e. The summed E-state index contributed by atoms with van der Waals surface area (Å²) >= 11 is 0. The molecule has 3 aromatic carbocycles. The number of nitro benzene ring substituents is 1. The fourth-order valence-electron chi connectivity index (χ4n) is 4.02. The van der Waals surface area contributed by atoms with E-state index >= 15 is 0 Å². The number of amides is 2. The van der Waals surface area contributed by atoms with Gasteiger partial charge in [0.2, 0.25) is 0 Å². The fraction of sp³-hybridized carbons (Fsp3) is 0.0870. The Morgan fingerprint density at radius 3 is 1.90 bits per heavy atom. The molecule has 5 rings (SSSR count). The van der Waals surface area contributed by atoms with Crippen LogP contribution in [0.15, 0.2) is 78.9 Å². The number of nitro groups is 1. The maximum atomic E-state index is 13.2. The zero-order chi connectivity index (χ0) is 21.7. The number of non-ortho nitro benzene ring substituents is 1. The predicted octanol–water partition coefficient (Wildman–Crippen LogP) is 3.41. The van der Waals surface area contributed by atoms with E-state index in [4.69, 9.17) is 0 Å². The highest BCUT2D eigenvalue weighted by Gasteiger charge is 2.61. The van der Waals surface area contributed by atoms with Crippen LogP contribution in [0.1, 0.15) is 42.7 Å². The van der Waals surface area contributed by atoms with Gasteiger partial charge in [0.25, 0.3) is 17.5 Å². The Kier molecular flexibility index (Phi) is 4.23. The molecule has 2 aliphatic heterocycles. The average molecular weight is 413 g/mol.